The number of rotatable bonds is 1. The summed E-state index contributed by atoms with van der Waals surface area (Å²) in [6, 6.07) is 8.49. The largest absolute Gasteiger partial charge is 0.299 e. The van der Waals surface area contributed by atoms with Gasteiger partial charge in [0.25, 0.3) is 5.92 Å². The van der Waals surface area contributed by atoms with Crippen molar-refractivity contribution >= 4 is 32.5 Å². The molecule has 1 aliphatic rings. The molecule has 2 heterocycles. The number of benzene rings is 2. The van der Waals surface area contributed by atoms with Crippen molar-refractivity contribution in [2.24, 2.45) is 4.99 Å². The van der Waals surface area contributed by atoms with Crippen molar-refractivity contribution in [3.63, 3.8) is 0 Å². The number of alkyl halides is 2. The molecule has 0 aliphatic carbocycles. The third-order valence-corrected chi connectivity index (χ3v) is 5.30. The third kappa shape index (κ3) is 2.57. The van der Waals surface area contributed by atoms with E-state index in [4.69, 9.17) is 0 Å². The fourth-order valence-electron chi connectivity index (χ4n) is 3.12. The van der Waals surface area contributed by atoms with Gasteiger partial charge in [-0.05, 0) is 38.1 Å². The summed E-state index contributed by atoms with van der Waals surface area (Å²) in [6.45, 7) is 2.66. The average molecular weight is 438 g/mol. The molecule has 1 aromatic heterocycles. The summed E-state index contributed by atoms with van der Waals surface area (Å²) in [5.74, 6) is -5.35. The van der Waals surface area contributed by atoms with Crippen LogP contribution in [0.4, 0.5) is 17.6 Å². The van der Waals surface area contributed by atoms with E-state index < -0.39 is 23.1 Å². The van der Waals surface area contributed by atoms with Gasteiger partial charge in [0.2, 0.25) is 0 Å². The number of hydrogen-bond donors (Lipinski definition) is 0. The second-order valence-electron chi connectivity index (χ2n) is 6.78. The van der Waals surface area contributed by atoms with Crippen LogP contribution < -0.4 is 0 Å². The number of aromatic nitrogens is 2. The van der Waals surface area contributed by atoms with Crippen LogP contribution in [0.2, 0.25) is 0 Å². The Morgan fingerprint density at radius 3 is 2.48 bits per heavy atom. The zero-order valence-corrected chi connectivity index (χ0v) is 15.8. The van der Waals surface area contributed by atoms with Crippen LogP contribution in [0.3, 0.4) is 0 Å². The second kappa shape index (κ2) is 5.82. The maximum atomic E-state index is 15.0. The maximum absolute atomic E-state index is 15.0. The molecule has 1 aliphatic heterocycles. The van der Waals surface area contributed by atoms with Crippen molar-refractivity contribution in [1.29, 1.82) is 0 Å². The fraction of sp³-hybridized carbons (Fsp3) is 0.211. The maximum Gasteiger partial charge on any atom is 0.299 e. The Bertz CT molecular complexity index is 1130. The van der Waals surface area contributed by atoms with E-state index in [-0.39, 0.29) is 32.5 Å². The third-order valence-electron chi connectivity index (χ3n) is 4.64. The average Bonchev–Trinajstić information content (AvgIpc) is 2.61. The molecule has 3 aromatic rings. The van der Waals surface area contributed by atoms with E-state index in [0.29, 0.717) is 5.39 Å². The van der Waals surface area contributed by atoms with E-state index in [1.54, 1.807) is 6.07 Å². The van der Waals surface area contributed by atoms with E-state index >= 15 is 8.78 Å². The first-order valence-corrected chi connectivity index (χ1v) is 8.81. The molecule has 0 atom stereocenters. The van der Waals surface area contributed by atoms with E-state index in [1.807, 2.05) is 0 Å². The summed E-state index contributed by atoms with van der Waals surface area (Å²) >= 11 is 3.20. The lowest BCUT2D eigenvalue weighted by Crippen LogP contribution is -2.44. The highest BCUT2D eigenvalue weighted by molar-refractivity contribution is 9.10. The molecular weight excluding hydrogens is 426 g/mol. The molecule has 0 fully saturated rings. The SMILES string of the molecule is CC1(C)N=C(c2cc3ccc(F)c(F)c3nn2)c2cccc(Br)c2C1(F)F. The van der Waals surface area contributed by atoms with Gasteiger partial charge in [-0.3, -0.25) is 4.99 Å². The lowest BCUT2D eigenvalue weighted by molar-refractivity contribution is -0.0688. The highest BCUT2D eigenvalue weighted by Crippen LogP contribution is 2.49. The van der Waals surface area contributed by atoms with E-state index in [2.05, 4.69) is 31.1 Å². The Morgan fingerprint density at radius 1 is 1.00 bits per heavy atom. The Hall–Kier alpha value is -2.35. The van der Waals surface area contributed by atoms with Gasteiger partial charge in [-0.25, -0.2) is 8.78 Å². The molecule has 3 nitrogen and oxygen atoms in total. The standard InChI is InChI=1S/C19H12BrF4N3/c1-18(2)19(23,24)14-10(4-3-5-11(14)20)17(25-18)13-8-9-6-7-12(21)15(22)16(9)27-26-13/h3-8H,1-2H3. The summed E-state index contributed by atoms with van der Waals surface area (Å²) in [4.78, 5) is 4.24. The highest BCUT2D eigenvalue weighted by Gasteiger charge is 2.54. The van der Waals surface area contributed by atoms with Gasteiger partial charge in [-0.15, -0.1) is 10.2 Å². The molecule has 0 spiro atoms. The summed E-state index contributed by atoms with van der Waals surface area (Å²) in [6.07, 6.45) is 0. The number of fused-ring (bicyclic) bond motifs is 2. The molecule has 0 radical (unpaired) electrons. The van der Waals surface area contributed by atoms with Crippen LogP contribution in [0.1, 0.15) is 30.7 Å². The Labute approximate surface area is 160 Å². The van der Waals surface area contributed by atoms with Gasteiger partial charge in [0.05, 0.1) is 5.71 Å². The quantitative estimate of drug-likeness (QED) is 0.478. The van der Waals surface area contributed by atoms with Crippen LogP contribution in [0.25, 0.3) is 10.9 Å². The predicted octanol–water partition coefficient (Wildman–Crippen LogP) is 5.39. The molecule has 2 aromatic carbocycles. The van der Waals surface area contributed by atoms with E-state index in [9.17, 15) is 8.78 Å². The van der Waals surface area contributed by atoms with Gasteiger partial charge in [0.1, 0.15) is 16.7 Å². The summed E-state index contributed by atoms with van der Waals surface area (Å²) in [5.41, 5.74) is -1.51. The van der Waals surface area contributed by atoms with Crippen LogP contribution in [-0.2, 0) is 5.92 Å². The van der Waals surface area contributed by atoms with Crippen molar-refractivity contribution in [1.82, 2.24) is 10.2 Å². The first kappa shape index (κ1) is 18.0. The lowest BCUT2D eigenvalue weighted by atomic mass is 9.82. The smallest absolute Gasteiger partial charge is 0.270 e. The first-order valence-electron chi connectivity index (χ1n) is 8.02. The number of nitrogens with zero attached hydrogens (tertiary/aromatic N) is 3. The van der Waals surface area contributed by atoms with Crippen molar-refractivity contribution in [2.75, 3.05) is 0 Å². The van der Waals surface area contributed by atoms with E-state index in [0.717, 1.165) is 6.07 Å². The van der Waals surface area contributed by atoms with Crippen LogP contribution >= 0.6 is 15.9 Å². The minimum Gasteiger partial charge on any atom is -0.270 e. The molecule has 0 saturated heterocycles. The highest BCUT2D eigenvalue weighted by atomic mass is 79.9. The fourth-order valence-corrected chi connectivity index (χ4v) is 3.74. The van der Waals surface area contributed by atoms with Gasteiger partial charge in [0.15, 0.2) is 11.6 Å². The van der Waals surface area contributed by atoms with Gasteiger partial charge in [0, 0.05) is 21.0 Å². The second-order valence-corrected chi connectivity index (χ2v) is 7.64. The van der Waals surface area contributed by atoms with Crippen molar-refractivity contribution in [2.45, 2.75) is 25.3 Å². The minimum atomic E-state index is -3.22. The zero-order chi connectivity index (χ0) is 19.6. The van der Waals surface area contributed by atoms with Crippen molar-refractivity contribution in [3.05, 3.63) is 69.3 Å². The molecule has 138 valence electrons. The molecule has 0 bridgehead atoms. The first-order chi connectivity index (χ1) is 12.6. The summed E-state index contributed by atoms with van der Waals surface area (Å²) in [7, 11) is 0. The van der Waals surface area contributed by atoms with Crippen LogP contribution in [-0.4, -0.2) is 21.4 Å². The normalized spacial score (nSPS) is 17.5. The monoisotopic (exact) mass is 437 g/mol. The Morgan fingerprint density at radius 2 is 1.74 bits per heavy atom. The molecule has 4 rings (SSSR count). The van der Waals surface area contributed by atoms with Gasteiger partial charge in [-0.2, -0.15) is 8.78 Å². The Balaban J connectivity index is 1.99. The van der Waals surface area contributed by atoms with Crippen LogP contribution in [0.5, 0.6) is 0 Å². The number of aliphatic imine (C=N–C) groups is 1. The lowest BCUT2D eigenvalue weighted by Gasteiger charge is -2.37. The molecule has 0 amide bonds. The summed E-state index contributed by atoms with van der Waals surface area (Å²) in [5, 5.41) is 7.98. The van der Waals surface area contributed by atoms with Crippen molar-refractivity contribution in [3.8, 4) is 0 Å². The topological polar surface area (TPSA) is 38.1 Å². The predicted molar refractivity (Wildman–Crippen MR) is 97.2 cm³/mol. The Kier molecular flexibility index (Phi) is 3.89. The van der Waals surface area contributed by atoms with Crippen LogP contribution in [0.15, 0.2) is 45.9 Å². The van der Waals surface area contributed by atoms with Gasteiger partial charge in [-0.1, -0.05) is 28.1 Å². The number of hydrogen-bond acceptors (Lipinski definition) is 3. The van der Waals surface area contributed by atoms with Gasteiger partial charge < -0.3 is 0 Å². The number of halogens is 5. The summed E-state index contributed by atoms with van der Waals surface area (Å²) < 4.78 is 57.5. The molecule has 27 heavy (non-hydrogen) atoms. The zero-order valence-electron chi connectivity index (χ0n) is 14.2. The minimum absolute atomic E-state index is 0.188. The molecular formula is C19H12BrF4N3. The molecule has 0 unspecified atom stereocenters. The van der Waals surface area contributed by atoms with Crippen molar-refractivity contribution < 1.29 is 17.6 Å². The van der Waals surface area contributed by atoms with Gasteiger partial charge >= 0.3 is 0 Å². The van der Waals surface area contributed by atoms with Crippen LogP contribution in [0, 0.1) is 11.6 Å². The molecule has 0 N–H and O–H groups in total. The molecule has 8 heteroatoms. The molecule has 0 saturated carbocycles. The van der Waals surface area contributed by atoms with E-state index in [1.165, 1.54) is 38.1 Å².